The van der Waals surface area contributed by atoms with Crippen LogP contribution in [0.4, 0.5) is 0 Å². The van der Waals surface area contributed by atoms with Gasteiger partial charge in [0.05, 0.1) is 5.92 Å². The Balaban J connectivity index is 1.46. The summed E-state index contributed by atoms with van der Waals surface area (Å²) in [4.78, 5) is 27.1. The summed E-state index contributed by atoms with van der Waals surface area (Å²) in [6, 6.07) is 0. The van der Waals surface area contributed by atoms with Gasteiger partial charge in [0.25, 0.3) is 0 Å². The highest BCUT2D eigenvalue weighted by Crippen LogP contribution is 2.30. The van der Waals surface area contributed by atoms with Gasteiger partial charge in [-0.3, -0.25) is 9.59 Å². The molecule has 1 aromatic heterocycles. The number of aryl methyl sites for hydroxylation is 1. The molecule has 0 aromatic carbocycles. The van der Waals surface area contributed by atoms with Crippen LogP contribution in [0.15, 0.2) is 0 Å². The van der Waals surface area contributed by atoms with Gasteiger partial charge in [-0.25, -0.2) is 4.68 Å². The third kappa shape index (κ3) is 2.56. The minimum atomic E-state index is -0.500. The second-order valence-corrected chi connectivity index (χ2v) is 6.90. The molecule has 0 unspecified atom stereocenters. The lowest BCUT2D eigenvalue weighted by molar-refractivity contribution is -0.139. The number of amides is 2. The van der Waals surface area contributed by atoms with Crippen molar-refractivity contribution in [2.75, 3.05) is 26.2 Å². The van der Waals surface area contributed by atoms with E-state index in [1.165, 1.54) is 0 Å². The highest BCUT2D eigenvalue weighted by molar-refractivity contribution is 5.88. The quantitative estimate of drug-likeness (QED) is 0.684. The SMILES string of the molecule is O=C([C@@H]1CCCCn2nnnc21)N1CCC2(CC1)NCCNC2=O. The first kappa shape index (κ1) is 15.5. The third-order valence-corrected chi connectivity index (χ3v) is 5.52. The smallest absolute Gasteiger partial charge is 0.240 e. The second kappa shape index (κ2) is 6.12. The zero-order chi connectivity index (χ0) is 16.6. The predicted molar refractivity (Wildman–Crippen MR) is 84.0 cm³/mol. The molecule has 0 saturated carbocycles. The maximum absolute atomic E-state index is 13.0. The van der Waals surface area contributed by atoms with Gasteiger partial charge in [0.15, 0.2) is 5.82 Å². The molecule has 2 fully saturated rings. The van der Waals surface area contributed by atoms with E-state index in [4.69, 9.17) is 0 Å². The van der Waals surface area contributed by atoms with E-state index >= 15 is 0 Å². The first-order valence-corrected chi connectivity index (χ1v) is 8.78. The standard InChI is InChI=1S/C15H23N7O2/c23-13(11-3-1-2-8-22-12(11)18-19-20-22)21-9-4-15(5-10-21)14(24)16-6-7-17-15/h11,17H,1-10H2,(H,16,24)/t11-/m1/s1. The first-order chi connectivity index (χ1) is 11.7. The number of piperazine rings is 1. The first-order valence-electron chi connectivity index (χ1n) is 8.78. The Kier molecular flexibility index (Phi) is 3.95. The summed E-state index contributed by atoms with van der Waals surface area (Å²) < 4.78 is 1.76. The maximum atomic E-state index is 13.0. The lowest BCUT2D eigenvalue weighted by Gasteiger charge is -2.44. The third-order valence-electron chi connectivity index (χ3n) is 5.52. The molecule has 1 aromatic rings. The summed E-state index contributed by atoms with van der Waals surface area (Å²) in [5, 5.41) is 18.1. The number of aromatic nitrogens is 4. The fourth-order valence-corrected chi connectivity index (χ4v) is 4.05. The topological polar surface area (TPSA) is 105 Å². The molecule has 3 aliphatic rings. The highest BCUT2D eigenvalue weighted by atomic mass is 16.2. The number of nitrogens with one attached hydrogen (secondary N) is 2. The van der Waals surface area contributed by atoms with Gasteiger partial charge in [-0.2, -0.15) is 0 Å². The number of nitrogens with zero attached hydrogens (tertiary/aromatic N) is 5. The molecule has 2 N–H and O–H groups in total. The maximum Gasteiger partial charge on any atom is 0.240 e. The van der Waals surface area contributed by atoms with Crippen LogP contribution in [0.5, 0.6) is 0 Å². The number of rotatable bonds is 1. The van der Waals surface area contributed by atoms with E-state index in [0.29, 0.717) is 38.3 Å². The number of carbonyl (C=O) groups is 2. The fourth-order valence-electron chi connectivity index (χ4n) is 4.05. The molecule has 1 atom stereocenters. The molecule has 4 rings (SSSR count). The number of hydrogen-bond acceptors (Lipinski definition) is 6. The zero-order valence-electron chi connectivity index (χ0n) is 13.7. The normalized spacial score (nSPS) is 26.6. The van der Waals surface area contributed by atoms with E-state index in [1.807, 2.05) is 4.90 Å². The number of carbonyl (C=O) groups excluding carboxylic acids is 2. The molecule has 9 heteroatoms. The number of tetrazole rings is 1. The monoisotopic (exact) mass is 333 g/mol. The minimum Gasteiger partial charge on any atom is -0.353 e. The van der Waals surface area contributed by atoms with Crippen LogP contribution in [-0.4, -0.2) is 68.6 Å². The summed E-state index contributed by atoms with van der Waals surface area (Å²) in [5.74, 6) is 0.592. The van der Waals surface area contributed by atoms with Crippen molar-refractivity contribution >= 4 is 11.8 Å². The van der Waals surface area contributed by atoms with E-state index in [2.05, 4.69) is 26.2 Å². The molecule has 2 amide bonds. The number of hydrogen-bond donors (Lipinski definition) is 2. The van der Waals surface area contributed by atoms with Gasteiger partial charge in [-0.05, 0) is 36.1 Å². The van der Waals surface area contributed by atoms with E-state index in [1.54, 1.807) is 4.68 Å². The molecule has 3 aliphatic heterocycles. The molecule has 1 spiro atoms. The van der Waals surface area contributed by atoms with Crippen LogP contribution in [-0.2, 0) is 16.1 Å². The van der Waals surface area contributed by atoms with Crippen LogP contribution in [0.3, 0.4) is 0 Å². The van der Waals surface area contributed by atoms with Crippen LogP contribution in [0.2, 0.25) is 0 Å². The Morgan fingerprint density at radius 3 is 2.79 bits per heavy atom. The van der Waals surface area contributed by atoms with Crippen LogP contribution < -0.4 is 10.6 Å². The Hall–Kier alpha value is -2.03. The number of fused-ring (bicyclic) bond motifs is 1. The van der Waals surface area contributed by atoms with E-state index in [0.717, 1.165) is 32.4 Å². The van der Waals surface area contributed by atoms with Crippen LogP contribution in [0.1, 0.15) is 43.8 Å². The van der Waals surface area contributed by atoms with Gasteiger partial charge in [0.2, 0.25) is 11.8 Å². The number of likely N-dealkylation sites (tertiary alicyclic amines) is 1. The highest BCUT2D eigenvalue weighted by Gasteiger charge is 2.44. The fraction of sp³-hybridized carbons (Fsp3) is 0.800. The average Bonchev–Trinajstić information content (AvgIpc) is 2.97. The Morgan fingerprint density at radius 1 is 1.17 bits per heavy atom. The van der Waals surface area contributed by atoms with Crippen molar-refractivity contribution in [3.8, 4) is 0 Å². The van der Waals surface area contributed by atoms with Gasteiger partial charge >= 0.3 is 0 Å². The predicted octanol–water partition coefficient (Wildman–Crippen LogP) is -0.979. The van der Waals surface area contributed by atoms with Gasteiger partial charge in [-0.15, -0.1) is 5.10 Å². The van der Waals surface area contributed by atoms with Crippen LogP contribution in [0, 0.1) is 0 Å². The Morgan fingerprint density at radius 2 is 2.00 bits per heavy atom. The molecule has 2 saturated heterocycles. The van der Waals surface area contributed by atoms with Crippen molar-refractivity contribution in [3.63, 3.8) is 0 Å². The molecular weight excluding hydrogens is 310 g/mol. The molecule has 130 valence electrons. The second-order valence-electron chi connectivity index (χ2n) is 6.90. The Labute approximate surface area is 140 Å². The van der Waals surface area contributed by atoms with Crippen molar-refractivity contribution in [2.24, 2.45) is 0 Å². The molecule has 9 nitrogen and oxygen atoms in total. The van der Waals surface area contributed by atoms with Crippen molar-refractivity contribution in [3.05, 3.63) is 5.82 Å². The number of piperidine rings is 1. The van der Waals surface area contributed by atoms with Gasteiger partial charge < -0.3 is 15.5 Å². The van der Waals surface area contributed by atoms with Gasteiger partial charge in [-0.1, -0.05) is 6.42 Å². The van der Waals surface area contributed by atoms with Crippen LogP contribution >= 0.6 is 0 Å². The lowest BCUT2D eigenvalue weighted by Crippen LogP contribution is -2.67. The van der Waals surface area contributed by atoms with Crippen molar-refractivity contribution in [2.45, 2.75) is 50.1 Å². The molecule has 4 heterocycles. The molecule has 0 aliphatic carbocycles. The summed E-state index contributed by atoms with van der Waals surface area (Å²) >= 11 is 0. The molecule has 0 radical (unpaired) electrons. The summed E-state index contributed by atoms with van der Waals surface area (Å²) in [5.41, 5.74) is -0.500. The van der Waals surface area contributed by atoms with Crippen LogP contribution in [0.25, 0.3) is 0 Å². The van der Waals surface area contributed by atoms with E-state index in [9.17, 15) is 9.59 Å². The summed E-state index contributed by atoms with van der Waals surface area (Å²) in [6.07, 6.45) is 4.09. The average molecular weight is 333 g/mol. The van der Waals surface area contributed by atoms with Crippen molar-refractivity contribution in [1.29, 1.82) is 0 Å². The Bertz CT molecular complexity index is 636. The zero-order valence-corrected chi connectivity index (χ0v) is 13.7. The van der Waals surface area contributed by atoms with Gasteiger partial charge in [0, 0.05) is 32.7 Å². The van der Waals surface area contributed by atoms with E-state index in [-0.39, 0.29) is 17.7 Å². The minimum absolute atomic E-state index is 0.0688. The largest absolute Gasteiger partial charge is 0.353 e. The van der Waals surface area contributed by atoms with Crippen molar-refractivity contribution in [1.82, 2.24) is 35.7 Å². The summed E-state index contributed by atoms with van der Waals surface area (Å²) in [7, 11) is 0. The van der Waals surface area contributed by atoms with E-state index < -0.39 is 5.54 Å². The van der Waals surface area contributed by atoms with Crippen molar-refractivity contribution < 1.29 is 9.59 Å². The van der Waals surface area contributed by atoms with Gasteiger partial charge in [0.1, 0.15) is 5.54 Å². The molecular formula is C15H23N7O2. The summed E-state index contributed by atoms with van der Waals surface area (Å²) in [6.45, 7) is 3.43. The lowest BCUT2D eigenvalue weighted by atomic mass is 9.84. The molecule has 0 bridgehead atoms. The molecule has 24 heavy (non-hydrogen) atoms.